The van der Waals surface area contributed by atoms with E-state index in [1.807, 2.05) is 4.90 Å². The molecule has 1 aromatic heterocycles. The van der Waals surface area contributed by atoms with Gasteiger partial charge in [-0.3, -0.25) is 4.90 Å². The topological polar surface area (TPSA) is 130 Å². The highest BCUT2D eigenvalue weighted by atomic mass is 19.1. The first-order chi connectivity index (χ1) is 14.2. The van der Waals surface area contributed by atoms with E-state index >= 15 is 0 Å². The van der Waals surface area contributed by atoms with Crippen LogP contribution in [0.3, 0.4) is 0 Å². The van der Waals surface area contributed by atoms with E-state index in [2.05, 4.69) is 10.2 Å². The van der Waals surface area contributed by atoms with Crippen LogP contribution in [0, 0.1) is 11.6 Å². The molecule has 2 atom stereocenters. The zero-order chi connectivity index (χ0) is 21.7. The van der Waals surface area contributed by atoms with Crippen molar-refractivity contribution in [2.45, 2.75) is 19.0 Å². The van der Waals surface area contributed by atoms with E-state index < -0.39 is 35.6 Å². The van der Waals surface area contributed by atoms with Crippen molar-refractivity contribution in [3.8, 4) is 17.0 Å². The van der Waals surface area contributed by atoms with Crippen molar-refractivity contribution in [2.75, 3.05) is 29.4 Å². The van der Waals surface area contributed by atoms with Gasteiger partial charge in [0.05, 0.1) is 24.0 Å². The summed E-state index contributed by atoms with van der Waals surface area (Å²) >= 11 is 0. The summed E-state index contributed by atoms with van der Waals surface area (Å²) in [5, 5.41) is 36.8. The van der Waals surface area contributed by atoms with Crippen molar-refractivity contribution in [1.82, 2.24) is 15.1 Å². The molecule has 30 heavy (non-hydrogen) atoms. The van der Waals surface area contributed by atoms with Crippen LogP contribution in [0.2, 0.25) is 0 Å². The van der Waals surface area contributed by atoms with Gasteiger partial charge in [-0.15, -0.1) is 10.2 Å². The van der Waals surface area contributed by atoms with Crippen molar-refractivity contribution >= 4 is 23.7 Å². The molecule has 0 unspecified atom stereocenters. The third kappa shape index (κ3) is 3.09. The number of hydrogen-bond acceptors (Lipinski definition) is 6. The molecule has 1 fully saturated rings. The summed E-state index contributed by atoms with van der Waals surface area (Å²) in [5.74, 6) is -2.88. The molecule has 10 nitrogen and oxygen atoms in total. The van der Waals surface area contributed by atoms with Crippen molar-refractivity contribution in [1.29, 1.82) is 0 Å². The number of phenols is 1. The van der Waals surface area contributed by atoms with Gasteiger partial charge in [0.25, 0.3) is 0 Å². The number of phenolic OH excluding ortho intramolecular Hbond substituents is 1. The second-order valence-electron chi connectivity index (χ2n) is 7.21. The zero-order valence-corrected chi connectivity index (χ0v) is 15.7. The maximum Gasteiger partial charge on any atom is 0.413 e. The molecule has 2 aromatic rings. The molecule has 4 rings (SSSR count). The van der Waals surface area contributed by atoms with Crippen LogP contribution in [-0.4, -0.2) is 74.3 Å². The minimum Gasteiger partial charge on any atom is -0.504 e. The minimum atomic E-state index is -1.29. The molecule has 0 bridgehead atoms. The van der Waals surface area contributed by atoms with Gasteiger partial charge in [-0.25, -0.2) is 18.4 Å². The SMILES string of the molecule is C[C@H]1CN2c3cc(-c4cc(F)cc(F)c4O)nnc3N(C(=O)O)C[C@H]2CN1C(=O)O. The van der Waals surface area contributed by atoms with E-state index in [4.69, 9.17) is 0 Å². The smallest absolute Gasteiger partial charge is 0.413 e. The Balaban J connectivity index is 1.83. The molecule has 0 spiro atoms. The maximum absolute atomic E-state index is 13.8. The predicted molar refractivity (Wildman–Crippen MR) is 99.7 cm³/mol. The number of anilines is 2. The Morgan fingerprint density at radius 1 is 1.07 bits per heavy atom. The molecule has 158 valence electrons. The number of aromatic nitrogens is 2. The summed E-state index contributed by atoms with van der Waals surface area (Å²) < 4.78 is 27.5. The Kier molecular flexibility index (Phi) is 4.56. The number of hydrogen-bond donors (Lipinski definition) is 3. The average molecular weight is 421 g/mol. The Bertz CT molecular complexity index is 1050. The normalized spacial score (nSPS) is 20.6. The quantitative estimate of drug-likeness (QED) is 0.639. The third-order valence-corrected chi connectivity index (χ3v) is 5.34. The highest BCUT2D eigenvalue weighted by Crippen LogP contribution is 2.40. The van der Waals surface area contributed by atoms with E-state index in [0.717, 1.165) is 11.0 Å². The average Bonchev–Trinajstić information content (AvgIpc) is 2.69. The number of rotatable bonds is 1. The molecule has 2 aliphatic heterocycles. The Hall–Kier alpha value is -3.70. The van der Waals surface area contributed by atoms with Crippen LogP contribution in [0.25, 0.3) is 11.3 Å². The monoisotopic (exact) mass is 421 g/mol. The Labute approximate surface area is 168 Å². The first kappa shape index (κ1) is 19.6. The van der Waals surface area contributed by atoms with Gasteiger partial charge in [-0.05, 0) is 19.1 Å². The lowest BCUT2D eigenvalue weighted by atomic mass is 10.0. The number of carboxylic acid groups (broad SMARTS) is 2. The van der Waals surface area contributed by atoms with Crippen molar-refractivity contribution in [3.63, 3.8) is 0 Å². The van der Waals surface area contributed by atoms with Crippen LogP contribution in [0.15, 0.2) is 18.2 Å². The van der Waals surface area contributed by atoms with E-state index in [-0.39, 0.29) is 42.8 Å². The number of halogens is 2. The van der Waals surface area contributed by atoms with Crippen molar-refractivity contribution in [3.05, 3.63) is 29.8 Å². The molecule has 0 aliphatic carbocycles. The van der Waals surface area contributed by atoms with Gasteiger partial charge in [0.1, 0.15) is 5.82 Å². The van der Waals surface area contributed by atoms with Crippen LogP contribution >= 0.6 is 0 Å². The van der Waals surface area contributed by atoms with E-state index in [0.29, 0.717) is 11.8 Å². The molecule has 2 amide bonds. The van der Waals surface area contributed by atoms with Gasteiger partial charge >= 0.3 is 12.2 Å². The summed E-state index contributed by atoms with van der Waals surface area (Å²) in [6.07, 6.45) is -2.40. The molecule has 1 saturated heterocycles. The highest BCUT2D eigenvalue weighted by Gasteiger charge is 2.42. The fraction of sp³-hybridized carbons (Fsp3) is 0.333. The van der Waals surface area contributed by atoms with Crippen LogP contribution in [0.1, 0.15) is 6.92 Å². The lowest BCUT2D eigenvalue weighted by Gasteiger charge is -2.49. The van der Waals surface area contributed by atoms with Gasteiger partial charge in [0, 0.05) is 30.8 Å². The number of benzene rings is 1. The molecule has 1 aromatic carbocycles. The van der Waals surface area contributed by atoms with Crippen LogP contribution in [-0.2, 0) is 0 Å². The molecule has 2 aliphatic rings. The van der Waals surface area contributed by atoms with Crippen LogP contribution in [0.4, 0.5) is 29.9 Å². The fourth-order valence-corrected chi connectivity index (χ4v) is 3.89. The Morgan fingerprint density at radius 2 is 1.80 bits per heavy atom. The molecule has 0 saturated carbocycles. The predicted octanol–water partition coefficient (Wildman–Crippen LogP) is 2.18. The third-order valence-electron chi connectivity index (χ3n) is 5.34. The van der Waals surface area contributed by atoms with Gasteiger partial charge in [-0.2, -0.15) is 0 Å². The zero-order valence-electron chi connectivity index (χ0n) is 15.7. The standard InChI is InChI=1S/C18H17F2N5O5/c1-8-5-24-10(6-23(8)17(27)28)7-25(18(29)30)16-14(24)4-13(21-22-16)11-2-9(19)3-12(20)15(11)26/h2-4,8,10,26H,5-7H2,1H3,(H,27,28)(H,29,30)/t8-,10+/m0/s1. The number of nitrogens with zero attached hydrogens (tertiary/aromatic N) is 5. The van der Waals surface area contributed by atoms with Gasteiger partial charge in [-0.1, -0.05) is 0 Å². The molecular formula is C18H17F2N5O5. The lowest BCUT2D eigenvalue weighted by Crippen LogP contribution is -2.64. The lowest BCUT2D eigenvalue weighted by molar-refractivity contribution is 0.112. The first-order valence-electron chi connectivity index (χ1n) is 9.00. The number of aromatic hydroxyl groups is 1. The Morgan fingerprint density at radius 3 is 2.47 bits per heavy atom. The second-order valence-corrected chi connectivity index (χ2v) is 7.21. The highest BCUT2D eigenvalue weighted by molar-refractivity contribution is 5.92. The number of carbonyl (C=O) groups is 2. The minimum absolute atomic E-state index is 0.0211. The van der Waals surface area contributed by atoms with Crippen molar-refractivity contribution < 1.29 is 33.7 Å². The molecule has 3 heterocycles. The van der Waals surface area contributed by atoms with E-state index in [1.54, 1.807) is 6.92 Å². The maximum atomic E-state index is 13.8. The van der Waals surface area contributed by atoms with Crippen LogP contribution < -0.4 is 9.80 Å². The van der Waals surface area contributed by atoms with Gasteiger partial charge in [0.15, 0.2) is 17.4 Å². The van der Waals surface area contributed by atoms with Crippen LogP contribution in [0.5, 0.6) is 5.75 Å². The molecule has 3 N–H and O–H groups in total. The second kappa shape index (κ2) is 6.97. The summed E-state index contributed by atoms with van der Waals surface area (Å²) in [6, 6.07) is 1.94. The summed E-state index contributed by atoms with van der Waals surface area (Å²) in [6.45, 7) is 2.02. The number of amides is 2. The van der Waals surface area contributed by atoms with Gasteiger partial charge < -0.3 is 25.1 Å². The van der Waals surface area contributed by atoms with E-state index in [1.165, 1.54) is 11.0 Å². The molecule has 12 heteroatoms. The summed E-state index contributed by atoms with van der Waals surface area (Å²) in [7, 11) is 0. The summed E-state index contributed by atoms with van der Waals surface area (Å²) in [5.41, 5.74) is 0.0348. The number of piperazine rings is 1. The molecule has 0 radical (unpaired) electrons. The number of fused-ring (bicyclic) bond motifs is 3. The van der Waals surface area contributed by atoms with E-state index in [9.17, 15) is 33.7 Å². The fourth-order valence-electron chi connectivity index (χ4n) is 3.89. The van der Waals surface area contributed by atoms with Gasteiger partial charge in [0.2, 0.25) is 0 Å². The molecular weight excluding hydrogens is 404 g/mol. The van der Waals surface area contributed by atoms with Crippen molar-refractivity contribution in [2.24, 2.45) is 0 Å². The summed E-state index contributed by atoms with van der Waals surface area (Å²) in [4.78, 5) is 27.2. The first-order valence-corrected chi connectivity index (χ1v) is 9.00. The largest absolute Gasteiger partial charge is 0.504 e.